The van der Waals surface area contributed by atoms with Crippen LogP contribution < -0.4 is 4.90 Å². The number of aromatic nitrogens is 4. The van der Waals surface area contributed by atoms with Gasteiger partial charge in [-0.05, 0) is 37.7 Å². The van der Waals surface area contributed by atoms with Crippen LogP contribution in [0.4, 0.5) is 5.69 Å². The smallest absolute Gasteiger partial charge is 0.227 e. The third-order valence-corrected chi connectivity index (χ3v) is 5.80. The lowest BCUT2D eigenvalue weighted by atomic mass is 9.95. The maximum absolute atomic E-state index is 11.9. The van der Waals surface area contributed by atoms with Crippen molar-refractivity contribution in [3.63, 3.8) is 0 Å². The van der Waals surface area contributed by atoms with E-state index in [0.717, 1.165) is 44.7 Å². The molecule has 5 rings (SSSR count). The maximum Gasteiger partial charge on any atom is 0.227 e. The van der Waals surface area contributed by atoms with E-state index in [1.165, 1.54) is 36.2 Å². The van der Waals surface area contributed by atoms with Crippen molar-refractivity contribution in [1.82, 2.24) is 24.9 Å². The van der Waals surface area contributed by atoms with E-state index in [4.69, 9.17) is 0 Å². The van der Waals surface area contributed by atoms with Gasteiger partial charge in [0.2, 0.25) is 5.91 Å². The van der Waals surface area contributed by atoms with Crippen molar-refractivity contribution in [3.8, 4) is 0 Å². The summed E-state index contributed by atoms with van der Waals surface area (Å²) in [5.74, 6) is 0.220. The molecule has 25 heavy (non-hydrogen) atoms. The summed E-state index contributed by atoms with van der Waals surface area (Å²) in [5, 5.41) is 12.3. The minimum absolute atomic E-state index is 0.220. The Morgan fingerprint density at radius 3 is 2.88 bits per heavy atom. The van der Waals surface area contributed by atoms with Gasteiger partial charge in [-0.15, -0.1) is 0 Å². The van der Waals surface area contributed by atoms with Crippen LogP contribution in [0, 0.1) is 0 Å². The second kappa shape index (κ2) is 5.98. The van der Waals surface area contributed by atoms with E-state index in [0.29, 0.717) is 12.5 Å². The molecule has 2 aliphatic heterocycles. The molecule has 0 unspecified atom stereocenters. The number of nitrogens with one attached hydrogen (secondary N) is 1. The number of likely N-dealkylation sites (tertiary alicyclic amines) is 1. The lowest BCUT2D eigenvalue weighted by molar-refractivity contribution is -0.117. The average molecular weight is 340 g/mol. The number of rotatable bonds is 4. The maximum atomic E-state index is 11.9. The first-order chi connectivity index (χ1) is 12.3. The van der Waals surface area contributed by atoms with Crippen LogP contribution in [0.3, 0.4) is 0 Å². The summed E-state index contributed by atoms with van der Waals surface area (Å²) in [6, 6.07) is 0.404. The number of hydrogen-bond acceptors (Lipinski definition) is 4. The first kappa shape index (κ1) is 15.1. The molecule has 7 heteroatoms. The van der Waals surface area contributed by atoms with Crippen LogP contribution in [0.15, 0.2) is 12.4 Å². The summed E-state index contributed by atoms with van der Waals surface area (Å²) in [6.45, 7) is 3.75. The van der Waals surface area contributed by atoms with E-state index in [9.17, 15) is 4.79 Å². The fraction of sp³-hybridized carbons (Fsp3) is 0.611. The van der Waals surface area contributed by atoms with E-state index in [2.05, 4.69) is 20.2 Å². The Morgan fingerprint density at radius 1 is 1.16 bits per heavy atom. The first-order valence-electron chi connectivity index (χ1n) is 9.40. The van der Waals surface area contributed by atoms with Gasteiger partial charge in [0.25, 0.3) is 0 Å². The number of carbonyl (C=O) groups is 1. The Bertz CT molecular complexity index is 787. The fourth-order valence-electron chi connectivity index (χ4n) is 4.32. The number of nitrogens with zero attached hydrogens (tertiary/aromatic N) is 5. The molecule has 3 aliphatic rings. The molecule has 0 bridgehead atoms. The molecule has 7 nitrogen and oxygen atoms in total. The molecule has 1 amide bonds. The summed E-state index contributed by atoms with van der Waals surface area (Å²) in [6.07, 6.45) is 10.4. The third kappa shape index (κ3) is 2.66. The second-order valence-corrected chi connectivity index (χ2v) is 7.51. The highest BCUT2D eigenvalue weighted by molar-refractivity contribution is 5.95. The standard InChI is InChI=1S/C18H24N6O/c25-18-6-3-7-23(18)13-8-19-24(11-13)14-9-22(10-14)12-17-15-4-1-2-5-16(15)20-21-17/h8,11,14H,1-7,9-10,12H2,(H,20,21). The van der Waals surface area contributed by atoms with Gasteiger partial charge in [-0.2, -0.15) is 10.2 Å². The van der Waals surface area contributed by atoms with Gasteiger partial charge >= 0.3 is 0 Å². The lowest BCUT2D eigenvalue weighted by Crippen LogP contribution is -2.47. The second-order valence-electron chi connectivity index (χ2n) is 7.51. The van der Waals surface area contributed by atoms with E-state index in [1.54, 1.807) is 0 Å². The minimum Gasteiger partial charge on any atom is -0.309 e. The average Bonchev–Trinajstić information content (AvgIpc) is 3.30. The van der Waals surface area contributed by atoms with Gasteiger partial charge in [0, 0.05) is 44.5 Å². The zero-order chi connectivity index (χ0) is 16.8. The molecule has 2 aromatic rings. The van der Waals surface area contributed by atoms with Crippen LogP contribution in [0.2, 0.25) is 0 Å². The number of H-pyrrole nitrogens is 1. The normalized spacial score (nSPS) is 21.6. The van der Waals surface area contributed by atoms with Gasteiger partial charge < -0.3 is 4.90 Å². The van der Waals surface area contributed by atoms with Crippen molar-refractivity contribution in [2.24, 2.45) is 0 Å². The molecular formula is C18H24N6O. The van der Waals surface area contributed by atoms with Crippen molar-refractivity contribution in [2.45, 2.75) is 51.1 Å². The van der Waals surface area contributed by atoms with Gasteiger partial charge in [-0.25, -0.2) is 0 Å². The molecule has 0 atom stereocenters. The minimum atomic E-state index is 0.220. The first-order valence-corrected chi connectivity index (χ1v) is 9.40. The number of aromatic amines is 1. The van der Waals surface area contributed by atoms with Crippen molar-refractivity contribution in [2.75, 3.05) is 24.5 Å². The molecule has 4 heterocycles. The Kier molecular flexibility index (Phi) is 3.62. The predicted octanol–water partition coefficient (Wildman–Crippen LogP) is 1.67. The summed E-state index contributed by atoms with van der Waals surface area (Å²) < 4.78 is 2.03. The Balaban J connectivity index is 1.20. The van der Waals surface area contributed by atoms with Gasteiger partial charge in [0.05, 0.1) is 23.6 Å². The quantitative estimate of drug-likeness (QED) is 0.919. The molecule has 0 radical (unpaired) electrons. The summed E-state index contributed by atoms with van der Waals surface area (Å²) in [4.78, 5) is 16.1. The zero-order valence-corrected chi connectivity index (χ0v) is 14.4. The molecule has 1 N–H and O–H groups in total. The number of carbonyl (C=O) groups excluding carboxylic acids is 1. The fourth-order valence-corrected chi connectivity index (χ4v) is 4.32. The number of fused-ring (bicyclic) bond motifs is 1. The molecule has 132 valence electrons. The van der Waals surface area contributed by atoms with Crippen LogP contribution in [0.1, 0.15) is 48.7 Å². The van der Waals surface area contributed by atoms with E-state index in [1.807, 2.05) is 22.0 Å². The Morgan fingerprint density at radius 2 is 2.04 bits per heavy atom. The molecule has 0 saturated carbocycles. The van der Waals surface area contributed by atoms with Crippen molar-refractivity contribution in [1.29, 1.82) is 0 Å². The van der Waals surface area contributed by atoms with Gasteiger partial charge in [0.15, 0.2) is 0 Å². The largest absolute Gasteiger partial charge is 0.309 e. The number of anilines is 1. The van der Waals surface area contributed by atoms with E-state index < -0.39 is 0 Å². The lowest BCUT2D eigenvalue weighted by Gasteiger charge is -2.39. The molecule has 1 aliphatic carbocycles. The highest BCUT2D eigenvalue weighted by Crippen LogP contribution is 2.28. The van der Waals surface area contributed by atoms with Crippen LogP contribution in [0.5, 0.6) is 0 Å². The Labute approximate surface area is 147 Å². The monoisotopic (exact) mass is 340 g/mol. The van der Waals surface area contributed by atoms with Crippen molar-refractivity contribution < 1.29 is 4.79 Å². The van der Waals surface area contributed by atoms with Crippen LogP contribution in [0.25, 0.3) is 0 Å². The highest BCUT2D eigenvalue weighted by atomic mass is 16.2. The van der Waals surface area contributed by atoms with Gasteiger partial charge in [-0.1, -0.05) is 0 Å². The predicted molar refractivity (Wildman–Crippen MR) is 93.4 cm³/mol. The molecular weight excluding hydrogens is 316 g/mol. The number of aryl methyl sites for hydroxylation is 1. The molecule has 2 aromatic heterocycles. The van der Waals surface area contributed by atoms with Crippen molar-refractivity contribution in [3.05, 3.63) is 29.3 Å². The van der Waals surface area contributed by atoms with Crippen molar-refractivity contribution >= 4 is 11.6 Å². The summed E-state index contributed by atoms with van der Waals surface area (Å²) in [7, 11) is 0. The van der Waals surface area contributed by atoms with Crippen LogP contribution in [-0.4, -0.2) is 50.4 Å². The number of hydrogen-bond donors (Lipinski definition) is 1. The SMILES string of the molecule is O=C1CCCN1c1cnn(C2CN(Cc3n[nH]c4c3CCCC4)C2)c1. The van der Waals surface area contributed by atoms with E-state index >= 15 is 0 Å². The highest BCUT2D eigenvalue weighted by Gasteiger charge is 2.31. The van der Waals surface area contributed by atoms with Gasteiger partial charge in [-0.3, -0.25) is 19.5 Å². The molecule has 0 spiro atoms. The van der Waals surface area contributed by atoms with E-state index in [-0.39, 0.29) is 5.91 Å². The number of amides is 1. The summed E-state index contributed by atoms with van der Waals surface area (Å²) in [5.41, 5.74) is 4.99. The molecule has 2 saturated heterocycles. The third-order valence-electron chi connectivity index (χ3n) is 5.80. The summed E-state index contributed by atoms with van der Waals surface area (Å²) >= 11 is 0. The van der Waals surface area contributed by atoms with Gasteiger partial charge in [0.1, 0.15) is 0 Å². The van der Waals surface area contributed by atoms with Crippen LogP contribution >= 0.6 is 0 Å². The molecule has 2 fully saturated rings. The Hall–Kier alpha value is -2.15. The topological polar surface area (TPSA) is 70.1 Å². The zero-order valence-electron chi connectivity index (χ0n) is 14.4. The van der Waals surface area contributed by atoms with Crippen LogP contribution in [-0.2, 0) is 24.2 Å². The molecule has 0 aromatic carbocycles.